The van der Waals surface area contributed by atoms with Crippen LogP contribution in [0, 0.1) is 0 Å². The molecule has 0 aromatic heterocycles. The molecule has 0 radical (unpaired) electrons. The highest BCUT2D eigenvalue weighted by Crippen LogP contribution is 2.13. The van der Waals surface area contributed by atoms with Gasteiger partial charge in [-0.25, -0.2) is 0 Å². The predicted molar refractivity (Wildman–Crippen MR) is 59.9 cm³/mol. The summed E-state index contributed by atoms with van der Waals surface area (Å²) in [6.45, 7) is 0.159. The van der Waals surface area contributed by atoms with Gasteiger partial charge in [-0.1, -0.05) is 28.1 Å². The van der Waals surface area contributed by atoms with Crippen LogP contribution >= 0.6 is 15.9 Å². The van der Waals surface area contributed by atoms with E-state index in [1.807, 2.05) is 24.3 Å². The Labute approximate surface area is 91.6 Å². The second-order valence-corrected chi connectivity index (χ2v) is 4.27. The Balaban J connectivity index is 2.77. The molecular formula is C10H13BrN2O. The quantitative estimate of drug-likeness (QED) is 0.785. The summed E-state index contributed by atoms with van der Waals surface area (Å²) in [5, 5.41) is 0. The Kier molecular flexibility index (Phi) is 3.80. The molecule has 0 heterocycles. The second kappa shape index (κ2) is 4.68. The second-order valence-electron chi connectivity index (χ2n) is 3.36. The van der Waals surface area contributed by atoms with E-state index < -0.39 is 5.54 Å². The molecule has 0 aliphatic rings. The molecule has 0 amide bonds. The average molecular weight is 257 g/mol. The highest BCUT2D eigenvalue weighted by molar-refractivity contribution is 9.10. The Morgan fingerprint density at radius 2 is 1.93 bits per heavy atom. The lowest BCUT2D eigenvalue weighted by Gasteiger charge is -2.20. The minimum Gasteiger partial charge on any atom is -0.328 e. The number of nitrogens with two attached hydrogens (primary N) is 2. The lowest BCUT2D eigenvalue weighted by atomic mass is 9.94. The van der Waals surface area contributed by atoms with Gasteiger partial charge in [0.25, 0.3) is 0 Å². The monoisotopic (exact) mass is 256 g/mol. The summed E-state index contributed by atoms with van der Waals surface area (Å²) in [5.74, 6) is 0. The van der Waals surface area contributed by atoms with Crippen molar-refractivity contribution in [3.05, 3.63) is 34.3 Å². The van der Waals surface area contributed by atoms with Crippen LogP contribution in [-0.4, -0.2) is 18.4 Å². The maximum atomic E-state index is 10.7. The van der Waals surface area contributed by atoms with E-state index in [-0.39, 0.29) is 6.54 Å². The number of carbonyl (C=O) groups is 1. The summed E-state index contributed by atoms with van der Waals surface area (Å²) < 4.78 is 1.00. The minimum absolute atomic E-state index is 0.159. The molecule has 3 nitrogen and oxygen atoms in total. The highest BCUT2D eigenvalue weighted by Gasteiger charge is 2.22. The predicted octanol–water partition coefficient (Wildman–Crippen LogP) is 0.847. The van der Waals surface area contributed by atoms with Gasteiger partial charge in [0.15, 0.2) is 0 Å². The van der Waals surface area contributed by atoms with Crippen molar-refractivity contribution in [2.75, 3.05) is 6.54 Å². The van der Waals surface area contributed by atoms with Crippen LogP contribution in [0.5, 0.6) is 0 Å². The summed E-state index contributed by atoms with van der Waals surface area (Å²) in [7, 11) is 0. The van der Waals surface area contributed by atoms with E-state index >= 15 is 0 Å². The third-order valence-corrected chi connectivity index (χ3v) is 2.59. The van der Waals surface area contributed by atoms with Crippen LogP contribution in [0.3, 0.4) is 0 Å². The molecule has 76 valence electrons. The van der Waals surface area contributed by atoms with Gasteiger partial charge >= 0.3 is 0 Å². The van der Waals surface area contributed by atoms with Crippen LogP contribution in [0.15, 0.2) is 28.7 Å². The van der Waals surface area contributed by atoms with Crippen molar-refractivity contribution in [3.63, 3.8) is 0 Å². The lowest BCUT2D eigenvalue weighted by molar-refractivity contribution is -0.111. The van der Waals surface area contributed by atoms with Gasteiger partial charge in [-0.15, -0.1) is 0 Å². The van der Waals surface area contributed by atoms with Gasteiger partial charge in [0.05, 0.1) is 5.54 Å². The first-order valence-electron chi connectivity index (χ1n) is 4.29. The number of aldehydes is 1. The van der Waals surface area contributed by atoms with Gasteiger partial charge < -0.3 is 16.3 Å². The Hall–Kier alpha value is -0.710. The van der Waals surface area contributed by atoms with Gasteiger partial charge in [0.1, 0.15) is 6.29 Å². The summed E-state index contributed by atoms with van der Waals surface area (Å²) in [4.78, 5) is 10.7. The van der Waals surface area contributed by atoms with Crippen molar-refractivity contribution in [1.82, 2.24) is 0 Å². The lowest BCUT2D eigenvalue weighted by Crippen LogP contribution is -2.50. The van der Waals surface area contributed by atoms with Crippen molar-refractivity contribution in [2.24, 2.45) is 11.5 Å². The molecule has 0 bridgehead atoms. The summed E-state index contributed by atoms with van der Waals surface area (Å²) in [6, 6.07) is 7.67. The smallest absolute Gasteiger partial charge is 0.141 e. The van der Waals surface area contributed by atoms with Crippen molar-refractivity contribution >= 4 is 22.2 Å². The molecule has 1 aromatic carbocycles. The number of rotatable bonds is 4. The fraction of sp³-hybridized carbons (Fsp3) is 0.300. The Morgan fingerprint density at radius 1 is 1.36 bits per heavy atom. The molecule has 14 heavy (non-hydrogen) atoms. The summed E-state index contributed by atoms with van der Waals surface area (Å²) in [5.41, 5.74) is 11.3. The van der Waals surface area contributed by atoms with Gasteiger partial charge in [-0.05, 0) is 24.1 Å². The zero-order valence-electron chi connectivity index (χ0n) is 7.74. The Morgan fingerprint density at radius 3 is 2.36 bits per heavy atom. The normalized spacial score (nSPS) is 14.8. The molecule has 0 aliphatic heterocycles. The average Bonchev–Trinajstić information content (AvgIpc) is 2.21. The molecule has 0 fully saturated rings. The Bertz CT molecular complexity index is 312. The van der Waals surface area contributed by atoms with Crippen molar-refractivity contribution in [3.8, 4) is 0 Å². The molecule has 4 heteroatoms. The van der Waals surface area contributed by atoms with E-state index in [2.05, 4.69) is 15.9 Å². The third-order valence-electron chi connectivity index (χ3n) is 2.06. The first kappa shape index (κ1) is 11.4. The largest absolute Gasteiger partial charge is 0.328 e. The van der Waals surface area contributed by atoms with Crippen LogP contribution in [0.25, 0.3) is 0 Å². The molecular weight excluding hydrogens is 244 g/mol. The van der Waals surface area contributed by atoms with Crippen LogP contribution in [0.2, 0.25) is 0 Å². The number of hydrogen-bond donors (Lipinski definition) is 2. The molecule has 0 saturated heterocycles. The van der Waals surface area contributed by atoms with E-state index in [0.717, 1.165) is 16.3 Å². The molecule has 1 unspecified atom stereocenters. The van der Waals surface area contributed by atoms with Gasteiger partial charge in [-0.2, -0.15) is 0 Å². The topological polar surface area (TPSA) is 69.1 Å². The third kappa shape index (κ3) is 2.90. The van der Waals surface area contributed by atoms with Crippen LogP contribution in [-0.2, 0) is 11.2 Å². The van der Waals surface area contributed by atoms with Crippen LogP contribution in [0.4, 0.5) is 0 Å². The number of hydrogen-bond acceptors (Lipinski definition) is 3. The standard InChI is InChI=1S/C10H13BrN2O/c11-9-3-1-8(2-4-9)5-10(13,6-12)7-14/h1-4,7H,5-6,12-13H2. The van der Waals surface area contributed by atoms with Crippen LogP contribution in [0.1, 0.15) is 5.56 Å². The van der Waals surface area contributed by atoms with E-state index in [9.17, 15) is 4.79 Å². The molecule has 0 aliphatic carbocycles. The molecule has 4 N–H and O–H groups in total. The molecule has 1 rings (SSSR count). The van der Waals surface area contributed by atoms with E-state index in [1.54, 1.807) is 0 Å². The number of benzene rings is 1. The molecule has 0 spiro atoms. The maximum Gasteiger partial charge on any atom is 0.141 e. The first-order valence-corrected chi connectivity index (χ1v) is 5.09. The van der Waals surface area contributed by atoms with Crippen molar-refractivity contribution in [2.45, 2.75) is 12.0 Å². The SMILES string of the molecule is NCC(N)(C=O)Cc1ccc(Br)cc1. The minimum atomic E-state index is -0.937. The molecule has 0 saturated carbocycles. The van der Waals surface area contributed by atoms with Gasteiger partial charge in [0, 0.05) is 11.0 Å². The number of carbonyl (C=O) groups excluding carboxylic acids is 1. The number of halogens is 1. The van der Waals surface area contributed by atoms with E-state index in [4.69, 9.17) is 11.5 Å². The first-order chi connectivity index (χ1) is 6.59. The summed E-state index contributed by atoms with van der Waals surface area (Å²) in [6.07, 6.45) is 1.19. The fourth-order valence-corrected chi connectivity index (χ4v) is 1.41. The fourth-order valence-electron chi connectivity index (χ4n) is 1.14. The molecule has 1 atom stereocenters. The highest BCUT2D eigenvalue weighted by atomic mass is 79.9. The van der Waals surface area contributed by atoms with E-state index in [0.29, 0.717) is 6.42 Å². The van der Waals surface area contributed by atoms with Gasteiger partial charge in [0.2, 0.25) is 0 Å². The zero-order chi connectivity index (χ0) is 10.6. The van der Waals surface area contributed by atoms with E-state index in [1.165, 1.54) is 0 Å². The van der Waals surface area contributed by atoms with Crippen molar-refractivity contribution < 1.29 is 4.79 Å². The zero-order valence-corrected chi connectivity index (χ0v) is 9.33. The summed E-state index contributed by atoms with van der Waals surface area (Å²) >= 11 is 3.33. The van der Waals surface area contributed by atoms with Crippen molar-refractivity contribution in [1.29, 1.82) is 0 Å². The molecule has 1 aromatic rings. The van der Waals surface area contributed by atoms with Crippen LogP contribution < -0.4 is 11.5 Å². The van der Waals surface area contributed by atoms with Gasteiger partial charge in [-0.3, -0.25) is 0 Å². The maximum absolute atomic E-state index is 10.7.